The molecule has 1 aromatic carbocycles. The van der Waals surface area contributed by atoms with Gasteiger partial charge in [-0.2, -0.15) is 13.2 Å². The van der Waals surface area contributed by atoms with Crippen LogP contribution in [0.2, 0.25) is 0 Å². The number of aromatic nitrogens is 4. The number of nitrogens with one attached hydrogen (secondary N) is 1. The van der Waals surface area contributed by atoms with E-state index in [0.29, 0.717) is 22.6 Å². The highest BCUT2D eigenvalue weighted by atomic mass is 19.4. The number of benzene rings is 1. The molecule has 218 valence electrons. The number of likely N-dealkylation sites (tertiary alicyclic amines) is 1. The summed E-state index contributed by atoms with van der Waals surface area (Å²) in [6.07, 6.45) is -4.27. The van der Waals surface area contributed by atoms with E-state index in [0.717, 1.165) is 10.3 Å². The molecule has 1 aliphatic rings. The van der Waals surface area contributed by atoms with Gasteiger partial charge in [-0.05, 0) is 51.0 Å². The summed E-state index contributed by atoms with van der Waals surface area (Å²) in [6.45, 7) is 3.45. The van der Waals surface area contributed by atoms with Gasteiger partial charge in [0, 0.05) is 24.7 Å². The van der Waals surface area contributed by atoms with E-state index >= 15 is 0 Å². The molecule has 0 unspecified atom stereocenters. The van der Waals surface area contributed by atoms with Gasteiger partial charge in [-0.3, -0.25) is 9.30 Å². The molecule has 4 aromatic rings. The van der Waals surface area contributed by atoms with Gasteiger partial charge in [0.25, 0.3) is 0 Å². The lowest BCUT2D eigenvalue weighted by molar-refractivity contribution is -0.184. The number of amides is 1. The normalized spacial score (nSPS) is 19.0. The fourth-order valence-corrected chi connectivity index (χ4v) is 5.15. The van der Waals surface area contributed by atoms with Gasteiger partial charge in [-0.25, -0.2) is 14.2 Å². The fraction of sp³-hybridized carbons (Fsp3) is 0.429. The average Bonchev–Trinajstić information content (AvgIpc) is 3.50. The third-order valence-electron chi connectivity index (χ3n) is 6.95. The zero-order valence-electron chi connectivity index (χ0n) is 23.0. The minimum Gasteiger partial charge on any atom is -0.494 e. The zero-order valence-corrected chi connectivity index (χ0v) is 23.0. The molecule has 0 bridgehead atoms. The number of alkyl carbamates (subject to hydrolysis) is 1. The van der Waals surface area contributed by atoms with Crippen LogP contribution in [0.5, 0.6) is 5.75 Å². The molecule has 1 saturated heterocycles. The van der Waals surface area contributed by atoms with Crippen molar-refractivity contribution >= 4 is 22.6 Å². The van der Waals surface area contributed by atoms with Crippen LogP contribution in [0, 0.1) is 0 Å². The van der Waals surface area contributed by atoms with Crippen molar-refractivity contribution in [2.24, 2.45) is 0 Å². The largest absolute Gasteiger partial charge is 0.494 e. The molecular formula is C28H30F4N6O3. The van der Waals surface area contributed by atoms with Crippen molar-refractivity contribution in [3.05, 3.63) is 54.2 Å². The highest BCUT2D eigenvalue weighted by molar-refractivity contribution is 5.86. The molecule has 13 heteroatoms. The molecule has 4 heterocycles. The lowest BCUT2D eigenvalue weighted by atomic mass is 10.0. The minimum absolute atomic E-state index is 0.0156. The summed E-state index contributed by atoms with van der Waals surface area (Å²) in [6, 6.07) is 9.71. The van der Waals surface area contributed by atoms with E-state index in [9.17, 15) is 22.4 Å². The van der Waals surface area contributed by atoms with E-state index in [2.05, 4.69) is 20.5 Å². The van der Waals surface area contributed by atoms with E-state index in [-0.39, 0.29) is 30.9 Å². The summed E-state index contributed by atoms with van der Waals surface area (Å²) in [7, 11) is 1.53. The second kappa shape index (κ2) is 10.4. The molecule has 0 saturated carbocycles. The first-order valence-corrected chi connectivity index (χ1v) is 13.0. The molecule has 2 atom stereocenters. The highest BCUT2D eigenvalue weighted by Gasteiger charge is 2.51. The number of nitrogens with zero attached hydrogens (tertiary/aromatic N) is 5. The van der Waals surface area contributed by atoms with Crippen LogP contribution >= 0.6 is 0 Å². The molecule has 1 amide bonds. The van der Waals surface area contributed by atoms with E-state index in [1.54, 1.807) is 32.9 Å². The number of alkyl halides is 4. The molecule has 3 aromatic heterocycles. The van der Waals surface area contributed by atoms with E-state index in [1.165, 1.54) is 29.8 Å². The molecule has 41 heavy (non-hydrogen) atoms. The molecule has 1 N–H and O–H groups in total. The van der Waals surface area contributed by atoms with Crippen molar-refractivity contribution in [1.29, 1.82) is 0 Å². The average molecular weight is 575 g/mol. The number of halogens is 4. The lowest BCUT2D eigenvalue weighted by Gasteiger charge is -2.33. The first-order chi connectivity index (χ1) is 19.3. The zero-order chi connectivity index (χ0) is 29.6. The standard InChI is InChI=1S/C28H30F4N6O3/c1-26(2,3)41-25(39)34-27(15-29)12-13-37(16-27)23(28(30,31)32)18-9-11-21-35-36-24(38(21)14-18)19-10-8-17-6-5-7-20(40-4)22(17)33-19/h5-11,14,23H,12-13,15-16H2,1-4H3,(H,34,39)/t23-,27-/m1/s1. The maximum absolute atomic E-state index is 14.6. The molecule has 0 spiro atoms. The van der Waals surface area contributed by atoms with Crippen molar-refractivity contribution in [3.63, 3.8) is 0 Å². The number of hydrogen-bond donors (Lipinski definition) is 1. The first kappa shape index (κ1) is 28.5. The summed E-state index contributed by atoms with van der Waals surface area (Å²) in [5.74, 6) is 0.795. The predicted molar refractivity (Wildman–Crippen MR) is 143 cm³/mol. The number of pyridine rings is 2. The number of fused-ring (bicyclic) bond motifs is 2. The molecule has 9 nitrogen and oxygen atoms in total. The van der Waals surface area contributed by atoms with Crippen molar-refractivity contribution in [2.45, 2.75) is 50.6 Å². The maximum Gasteiger partial charge on any atom is 0.408 e. The Balaban J connectivity index is 1.49. The monoisotopic (exact) mass is 574 g/mol. The van der Waals surface area contributed by atoms with E-state index in [1.807, 2.05) is 18.2 Å². The fourth-order valence-electron chi connectivity index (χ4n) is 5.15. The topological polar surface area (TPSA) is 93.9 Å². The van der Waals surface area contributed by atoms with Crippen LogP contribution < -0.4 is 10.1 Å². The van der Waals surface area contributed by atoms with Crippen molar-refractivity contribution in [3.8, 4) is 17.3 Å². The number of carbonyl (C=O) groups excluding carboxylic acids is 1. The second-order valence-electron chi connectivity index (χ2n) is 11.1. The van der Waals surface area contributed by atoms with Gasteiger partial charge in [0.05, 0.1) is 12.6 Å². The Morgan fingerprint density at radius 3 is 2.59 bits per heavy atom. The summed E-state index contributed by atoms with van der Waals surface area (Å²) >= 11 is 0. The summed E-state index contributed by atoms with van der Waals surface area (Å²) < 4.78 is 70.1. The van der Waals surface area contributed by atoms with Gasteiger partial charge in [-0.15, -0.1) is 10.2 Å². The van der Waals surface area contributed by atoms with Crippen LogP contribution in [0.25, 0.3) is 28.1 Å². The van der Waals surface area contributed by atoms with Gasteiger partial charge < -0.3 is 14.8 Å². The minimum atomic E-state index is -4.70. The smallest absolute Gasteiger partial charge is 0.408 e. The number of rotatable bonds is 6. The van der Waals surface area contributed by atoms with Crippen LogP contribution in [-0.2, 0) is 4.74 Å². The summed E-state index contributed by atoms with van der Waals surface area (Å²) in [4.78, 5) is 18.1. The Morgan fingerprint density at radius 1 is 1.12 bits per heavy atom. The third kappa shape index (κ3) is 5.76. The number of hydrogen-bond acceptors (Lipinski definition) is 7. The Bertz CT molecular complexity index is 1580. The summed E-state index contributed by atoms with van der Waals surface area (Å²) in [5, 5.41) is 11.6. The van der Waals surface area contributed by atoms with E-state index < -0.39 is 36.1 Å². The Hall–Kier alpha value is -4.00. The molecule has 0 aliphatic carbocycles. The predicted octanol–water partition coefficient (Wildman–Crippen LogP) is 5.50. The van der Waals surface area contributed by atoms with Crippen LogP contribution in [0.4, 0.5) is 22.4 Å². The molecule has 0 radical (unpaired) electrons. The quantitative estimate of drug-likeness (QED) is 0.304. The van der Waals surface area contributed by atoms with Crippen LogP contribution in [0.15, 0.2) is 48.7 Å². The Morgan fingerprint density at radius 2 is 1.90 bits per heavy atom. The van der Waals surface area contributed by atoms with Crippen molar-refractivity contribution in [2.75, 3.05) is 26.9 Å². The maximum atomic E-state index is 14.6. The molecule has 5 rings (SSSR count). The van der Waals surface area contributed by atoms with Gasteiger partial charge in [-0.1, -0.05) is 24.3 Å². The van der Waals surface area contributed by atoms with Crippen LogP contribution in [0.1, 0.15) is 38.8 Å². The van der Waals surface area contributed by atoms with Gasteiger partial charge in [0.1, 0.15) is 35.3 Å². The number of para-hydroxylation sites is 1. The molecular weight excluding hydrogens is 544 g/mol. The summed E-state index contributed by atoms with van der Waals surface area (Å²) in [5.41, 5.74) is -1.13. The third-order valence-corrected chi connectivity index (χ3v) is 6.95. The van der Waals surface area contributed by atoms with Crippen molar-refractivity contribution < 1.29 is 31.8 Å². The first-order valence-electron chi connectivity index (χ1n) is 13.0. The van der Waals surface area contributed by atoms with Gasteiger partial charge >= 0.3 is 12.3 Å². The van der Waals surface area contributed by atoms with Crippen LogP contribution in [0.3, 0.4) is 0 Å². The van der Waals surface area contributed by atoms with Crippen LogP contribution in [-0.4, -0.2) is 74.8 Å². The van der Waals surface area contributed by atoms with E-state index in [4.69, 9.17) is 9.47 Å². The number of methoxy groups -OCH3 is 1. The lowest BCUT2D eigenvalue weighted by Crippen LogP contribution is -2.54. The highest BCUT2D eigenvalue weighted by Crippen LogP contribution is 2.41. The SMILES string of the molecule is COc1cccc2ccc(-c3nnc4ccc([C@@H](N5CC[C@](CF)(NC(=O)OC(C)(C)C)C5)C(F)(F)F)cn34)nc12. The van der Waals surface area contributed by atoms with Crippen molar-refractivity contribution in [1.82, 2.24) is 29.8 Å². The Kier molecular flexibility index (Phi) is 7.26. The number of carbonyl (C=O) groups is 1. The Labute approximate surface area is 233 Å². The van der Waals surface area contributed by atoms with Gasteiger partial charge in [0.2, 0.25) is 0 Å². The number of ether oxygens (including phenoxy) is 2. The molecule has 1 aliphatic heterocycles. The van der Waals surface area contributed by atoms with Gasteiger partial charge in [0.15, 0.2) is 11.5 Å². The molecule has 1 fully saturated rings. The second-order valence-corrected chi connectivity index (χ2v) is 11.1.